The number of rotatable bonds is 5. The van der Waals surface area contributed by atoms with Gasteiger partial charge in [-0.25, -0.2) is 4.79 Å². The number of alkyl carbamates (subject to hydrolysis) is 1. The van der Waals surface area contributed by atoms with Crippen LogP contribution in [0.15, 0.2) is 0 Å². The van der Waals surface area contributed by atoms with E-state index in [-0.39, 0.29) is 12.5 Å². The molecule has 0 aliphatic carbocycles. The van der Waals surface area contributed by atoms with Gasteiger partial charge in [-0.05, 0) is 0 Å². The Bertz CT molecular complexity index is 217. The Kier molecular flexibility index (Phi) is 6.44. The number of carbonyl (C=O) groups excluding carboxylic acids is 2. The number of nitrogens with one attached hydrogen (secondary N) is 1. The van der Waals surface area contributed by atoms with Crippen LogP contribution in [0.4, 0.5) is 4.79 Å². The predicted octanol–water partition coefficient (Wildman–Crippen LogP) is -0.0975. The molecule has 0 bridgehead atoms. The third-order valence-electron chi connectivity index (χ3n) is 1.56. The topological polar surface area (TPSA) is 84.9 Å². The number of esters is 1. The van der Waals surface area contributed by atoms with Crippen LogP contribution in [0.3, 0.4) is 0 Å². The number of carbonyl (C=O) groups is 2. The van der Waals surface area contributed by atoms with Crippen LogP contribution in [-0.2, 0) is 14.3 Å². The molecule has 0 saturated heterocycles. The van der Waals surface area contributed by atoms with E-state index in [1.54, 1.807) is 13.8 Å². The summed E-state index contributed by atoms with van der Waals surface area (Å²) in [4.78, 5) is 21.8. The first kappa shape index (κ1) is 13.7. The van der Waals surface area contributed by atoms with Crippen molar-refractivity contribution >= 4 is 12.1 Å². The average Bonchev–Trinajstić information content (AvgIpc) is 2.22. The highest BCUT2D eigenvalue weighted by Gasteiger charge is 2.16. The van der Waals surface area contributed by atoms with Crippen molar-refractivity contribution < 1.29 is 24.2 Å². The molecule has 1 unspecified atom stereocenters. The Morgan fingerprint density at radius 1 is 1.40 bits per heavy atom. The van der Waals surface area contributed by atoms with E-state index in [1.807, 2.05) is 0 Å². The molecule has 88 valence electrons. The summed E-state index contributed by atoms with van der Waals surface area (Å²) in [6.07, 6.45) is -1.50. The summed E-state index contributed by atoms with van der Waals surface area (Å²) in [5.41, 5.74) is 0. The lowest BCUT2D eigenvalue weighted by Gasteiger charge is -2.15. The summed E-state index contributed by atoms with van der Waals surface area (Å²) in [7, 11) is 1.40. The molecular weight excluding hydrogens is 202 g/mol. The maximum Gasteiger partial charge on any atom is 0.407 e. The molecule has 0 aromatic rings. The van der Waals surface area contributed by atoms with Gasteiger partial charge in [0.1, 0.15) is 6.61 Å². The minimum atomic E-state index is -0.826. The normalized spacial score (nSPS) is 12.1. The number of ether oxygens (including phenoxy) is 2. The van der Waals surface area contributed by atoms with Gasteiger partial charge in [-0.2, -0.15) is 0 Å². The minimum absolute atomic E-state index is 0.138. The summed E-state index contributed by atoms with van der Waals surface area (Å²) in [6, 6.07) is 0. The fraction of sp³-hybridized carbons (Fsp3) is 0.778. The zero-order valence-corrected chi connectivity index (χ0v) is 9.15. The number of aliphatic hydroxyl groups excluding tert-OH is 1. The van der Waals surface area contributed by atoms with Crippen LogP contribution < -0.4 is 5.32 Å². The minimum Gasteiger partial charge on any atom is -0.461 e. The molecule has 15 heavy (non-hydrogen) atoms. The summed E-state index contributed by atoms with van der Waals surface area (Å²) >= 11 is 0. The molecule has 6 heteroatoms. The van der Waals surface area contributed by atoms with Crippen molar-refractivity contribution in [1.82, 2.24) is 5.32 Å². The van der Waals surface area contributed by atoms with E-state index in [1.165, 1.54) is 7.05 Å². The van der Waals surface area contributed by atoms with E-state index in [2.05, 4.69) is 5.32 Å². The molecule has 1 amide bonds. The van der Waals surface area contributed by atoms with Crippen LogP contribution in [-0.4, -0.2) is 43.5 Å². The van der Waals surface area contributed by atoms with Crippen molar-refractivity contribution in [3.63, 3.8) is 0 Å². The van der Waals surface area contributed by atoms with Crippen molar-refractivity contribution in [2.24, 2.45) is 5.92 Å². The molecule has 2 N–H and O–H groups in total. The van der Waals surface area contributed by atoms with Crippen LogP contribution in [0.1, 0.15) is 13.8 Å². The Labute approximate surface area is 88.6 Å². The van der Waals surface area contributed by atoms with E-state index >= 15 is 0 Å². The number of aliphatic hydroxyl groups is 1. The van der Waals surface area contributed by atoms with Gasteiger partial charge >= 0.3 is 12.1 Å². The fourth-order valence-corrected chi connectivity index (χ4v) is 0.676. The van der Waals surface area contributed by atoms with Gasteiger partial charge in [-0.15, -0.1) is 0 Å². The van der Waals surface area contributed by atoms with Gasteiger partial charge in [0.25, 0.3) is 0 Å². The van der Waals surface area contributed by atoms with Crippen molar-refractivity contribution in [1.29, 1.82) is 0 Å². The molecule has 0 aliphatic heterocycles. The van der Waals surface area contributed by atoms with Crippen LogP contribution in [0.25, 0.3) is 0 Å². The molecule has 0 spiro atoms. The van der Waals surface area contributed by atoms with E-state index in [4.69, 9.17) is 14.6 Å². The van der Waals surface area contributed by atoms with Gasteiger partial charge in [0.2, 0.25) is 0 Å². The third kappa shape index (κ3) is 5.90. The van der Waals surface area contributed by atoms with E-state index in [0.29, 0.717) is 0 Å². The highest BCUT2D eigenvalue weighted by atomic mass is 16.6. The zero-order chi connectivity index (χ0) is 11.8. The largest absolute Gasteiger partial charge is 0.461 e. The predicted molar refractivity (Wildman–Crippen MR) is 52.2 cm³/mol. The lowest BCUT2D eigenvalue weighted by atomic mass is 10.2. The molecule has 0 saturated carbocycles. The van der Waals surface area contributed by atoms with Gasteiger partial charge in [0.05, 0.1) is 12.5 Å². The Balaban J connectivity index is 3.90. The lowest BCUT2D eigenvalue weighted by molar-refractivity contribution is -0.151. The SMILES string of the molecule is CNC(=O)OC(CO)COC(=O)C(C)C. The van der Waals surface area contributed by atoms with Crippen LogP contribution >= 0.6 is 0 Å². The second-order valence-corrected chi connectivity index (χ2v) is 3.24. The quantitative estimate of drug-likeness (QED) is 0.631. The molecule has 6 nitrogen and oxygen atoms in total. The van der Waals surface area contributed by atoms with Crippen molar-refractivity contribution in [2.45, 2.75) is 20.0 Å². The van der Waals surface area contributed by atoms with Gasteiger partial charge in [0.15, 0.2) is 6.10 Å². The Hall–Kier alpha value is -1.30. The van der Waals surface area contributed by atoms with Gasteiger partial charge in [0, 0.05) is 7.05 Å². The van der Waals surface area contributed by atoms with Crippen molar-refractivity contribution in [2.75, 3.05) is 20.3 Å². The van der Waals surface area contributed by atoms with Crippen molar-refractivity contribution in [3.8, 4) is 0 Å². The monoisotopic (exact) mass is 219 g/mol. The first-order valence-electron chi connectivity index (χ1n) is 4.67. The van der Waals surface area contributed by atoms with E-state index in [9.17, 15) is 9.59 Å². The molecule has 0 aromatic carbocycles. The van der Waals surface area contributed by atoms with Gasteiger partial charge in [-0.1, -0.05) is 13.8 Å². The molecule has 0 fully saturated rings. The second-order valence-electron chi connectivity index (χ2n) is 3.24. The molecule has 0 aromatic heterocycles. The second kappa shape index (κ2) is 7.05. The van der Waals surface area contributed by atoms with Crippen LogP contribution in [0, 0.1) is 5.92 Å². The third-order valence-corrected chi connectivity index (χ3v) is 1.56. The first-order chi connectivity index (χ1) is 7.01. The molecule has 0 radical (unpaired) electrons. The molecule has 0 aliphatic rings. The van der Waals surface area contributed by atoms with Crippen LogP contribution in [0.2, 0.25) is 0 Å². The number of amides is 1. The molecule has 0 heterocycles. The lowest BCUT2D eigenvalue weighted by Crippen LogP contribution is -2.33. The van der Waals surface area contributed by atoms with E-state index < -0.39 is 24.8 Å². The Morgan fingerprint density at radius 2 is 2.00 bits per heavy atom. The summed E-state index contributed by atoms with van der Waals surface area (Å²) in [5, 5.41) is 11.1. The highest BCUT2D eigenvalue weighted by Crippen LogP contribution is 1.99. The van der Waals surface area contributed by atoms with E-state index in [0.717, 1.165) is 0 Å². The number of hydrogen-bond donors (Lipinski definition) is 2. The average molecular weight is 219 g/mol. The maximum atomic E-state index is 11.1. The summed E-state index contributed by atoms with van der Waals surface area (Å²) in [6.45, 7) is 2.85. The van der Waals surface area contributed by atoms with Crippen molar-refractivity contribution in [3.05, 3.63) is 0 Å². The van der Waals surface area contributed by atoms with Gasteiger partial charge in [-0.3, -0.25) is 4.79 Å². The molecular formula is C9H17NO5. The summed E-state index contributed by atoms with van der Waals surface area (Å²) < 4.78 is 9.50. The maximum absolute atomic E-state index is 11.1. The zero-order valence-electron chi connectivity index (χ0n) is 9.15. The van der Waals surface area contributed by atoms with Gasteiger partial charge < -0.3 is 19.9 Å². The highest BCUT2D eigenvalue weighted by molar-refractivity contribution is 5.71. The summed E-state index contributed by atoms with van der Waals surface area (Å²) in [5.74, 6) is -0.640. The molecule has 1 atom stereocenters. The first-order valence-corrected chi connectivity index (χ1v) is 4.67. The Morgan fingerprint density at radius 3 is 2.40 bits per heavy atom. The number of hydrogen-bond acceptors (Lipinski definition) is 5. The smallest absolute Gasteiger partial charge is 0.407 e. The van der Waals surface area contributed by atoms with Crippen LogP contribution in [0.5, 0.6) is 0 Å². The fourth-order valence-electron chi connectivity index (χ4n) is 0.676. The standard InChI is InChI=1S/C9H17NO5/c1-6(2)8(12)14-5-7(4-11)15-9(13)10-3/h6-7,11H,4-5H2,1-3H3,(H,10,13). The molecule has 0 rings (SSSR count).